The van der Waals surface area contributed by atoms with Crippen LogP contribution in [-0.4, -0.2) is 59.5 Å². The van der Waals surface area contributed by atoms with Crippen molar-refractivity contribution in [2.45, 2.75) is 6.04 Å². The first-order valence-corrected chi connectivity index (χ1v) is 10.6. The van der Waals surface area contributed by atoms with Gasteiger partial charge in [0.15, 0.2) is 0 Å². The third-order valence-corrected chi connectivity index (χ3v) is 6.04. The first kappa shape index (κ1) is 21.0. The number of hydrogen-bond donors (Lipinski definition) is 1. The molecule has 1 aliphatic rings. The molecule has 5 rings (SSSR count). The lowest BCUT2D eigenvalue weighted by Crippen LogP contribution is -2.32. The third-order valence-electron chi connectivity index (χ3n) is 6.04. The van der Waals surface area contributed by atoms with Crippen molar-refractivity contribution < 1.29 is 19.0 Å². The Balaban J connectivity index is 1.43. The number of aryl methyl sites for hydroxylation is 1. The second kappa shape index (κ2) is 8.25. The zero-order chi connectivity index (χ0) is 23.1. The lowest BCUT2D eigenvalue weighted by molar-refractivity contribution is 0.0708. The van der Waals surface area contributed by atoms with E-state index in [1.54, 1.807) is 36.0 Å². The number of nitrogens with two attached hydrogens (primary N) is 1. The minimum absolute atomic E-state index is 0.106. The molecule has 3 heterocycles. The molecule has 1 amide bonds. The topological polar surface area (TPSA) is 105 Å². The summed E-state index contributed by atoms with van der Waals surface area (Å²) in [5.41, 5.74) is 9.17. The molecule has 2 aromatic carbocycles. The van der Waals surface area contributed by atoms with Crippen molar-refractivity contribution in [2.75, 3.05) is 39.7 Å². The molecular weight excluding hydrogens is 422 g/mol. The van der Waals surface area contributed by atoms with E-state index in [-0.39, 0.29) is 11.9 Å². The lowest BCUT2D eigenvalue weighted by atomic mass is 10.0. The molecule has 4 aromatic rings. The van der Waals surface area contributed by atoms with Gasteiger partial charge in [-0.3, -0.25) is 9.48 Å². The van der Waals surface area contributed by atoms with Crippen LogP contribution in [0.1, 0.15) is 22.0 Å². The molecule has 170 valence electrons. The highest BCUT2D eigenvalue weighted by Crippen LogP contribution is 2.38. The third kappa shape index (κ3) is 3.60. The zero-order valence-electron chi connectivity index (χ0n) is 18.7. The maximum atomic E-state index is 13.4. The van der Waals surface area contributed by atoms with E-state index in [0.717, 1.165) is 33.1 Å². The van der Waals surface area contributed by atoms with Crippen molar-refractivity contribution in [2.24, 2.45) is 7.05 Å². The molecule has 9 heteroatoms. The highest BCUT2D eigenvalue weighted by Gasteiger charge is 2.31. The molecule has 2 aromatic heterocycles. The minimum atomic E-state index is -0.197. The number of nitrogens with zero attached hydrogens (tertiary/aromatic N) is 4. The van der Waals surface area contributed by atoms with Crippen LogP contribution < -0.4 is 15.2 Å². The van der Waals surface area contributed by atoms with Crippen molar-refractivity contribution >= 4 is 33.5 Å². The number of benzene rings is 2. The number of fused-ring (bicyclic) bond motifs is 4. The number of carbonyl (C=O) groups is 1. The summed E-state index contributed by atoms with van der Waals surface area (Å²) < 4.78 is 18.3. The summed E-state index contributed by atoms with van der Waals surface area (Å²) in [4.78, 5) is 19.6. The van der Waals surface area contributed by atoms with Gasteiger partial charge in [0.05, 0.1) is 35.3 Å². The fraction of sp³-hybridized carbons (Fsp3) is 0.292. The Morgan fingerprint density at radius 3 is 2.91 bits per heavy atom. The van der Waals surface area contributed by atoms with E-state index in [9.17, 15) is 4.79 Å². The summed E-state index contributed by atoms with van der Waals surface area (Å²) in [5.74, 6) is 1.75. The van der Waals surface area contributed by atoms with Crippen LogP contribution in [0.25, 0.3) is 21.8 Å². The molecule has 0 aliphatic carbocycles. The number of nitrogen functional groups attached to an aromatic ring is 1. The summed E-state index contributed by atoms with van der Waals surface area (Å²) in [6, 6.07) is 11.0. The zero-order valence-corrected chi connectivity index (χ0v) is 18.7. The second-order valence-electron chi connectivity index (χ2n) is 8.04. The van der Waals surface area contributed by atoms with Gasteiger partial charge >= 0.3 is 0 Å². The van der Waals surface area contributed by atoms with Crippen LogP contribution in [0.4, 0.5) is 5.82 Å². The Bertz CT molecular complexity index is 1370. The number of methoxy groups -OCH3 is 1. The quantitative estimate of drug-likeness (QED) is 0.453. The predicted octanol–water partition coefficient (Wildman–Crippen LogP) is 2.93. The van der Waals surface area contributed by atoms with Crippen LogP contribution in [-0.2, 0) is 11.8 Å². The van der Waals surface area contributed by atoms with Crippen molar-refractivity contribution in [1.29, 1.82) is 0 Å². The van der Waals surface area contributed by atoms with Crippen LogP contribution in [0.15, 0.2) is 42.6 Å². The Kier molecular flexibility index (Phi) is 5.26. The standard InChI is InChI=1S/C24H25N5O4/c1-28(20-13-33-21-11-15(5-6-16(20)21)32-9-8-31-3)24(30)14-4-7-19-17(10-14)22-18(23(25)27-19)12-26-29(22)2/h4-7,10-12,20H,8-9,13H2,1-3H3,(H2,25,27)/t20-/m1/s1. The Morgan fingerprint density at radius 2 is 2.09 bits per heavy atom. The monoisotopic (exact) mass is 447 g/mol. The molecule has 1 atom stereocenters. The van der Waals surface area contributed by atoms with E-state index >= 15 is 0 Å². The molecule has 0 saturated carbocycles. The molecule has 9 nitrogen and oxygen atoms in total. The van der Waals surface area contributed by atoms with Crippen LogP contribution in [0, 0.1) is 0 Å². The summed E-state index contributed by atoms with van der Waals surface area (Å²) >= 11 is 0. The van der Waals surface area contributed by atoms with E-state index in [4.69, 9.17) is 19.9 Å². The van der Waals surface area contributed by atoms with Crippen molar-refractivity contribution in [3.8, 4) is 11.5 Å². The molecule has 0 spiro atoms. The average Bonchev–Trinajstić information content (AvgIpc) is 3.42. The number of pyridine rings is 1. The van der Waals surface area contributed by atoms with Gasteiger partial charge in [0, 0.05) is 43.8 Å². The van der Waals surface area contributed by atoms with Gasteiger partial charge in [-0.2, -0.15) is 5.10 Å². The average molecular weight is 447 g/mol. The molecule has 0 radical (unpaired) electrons. The van der Waals surface area contributed by atoms with E-state index in [2.05, 4.69) is 10.1 Å². The van der Waals surface area contributed by atoms with Gasteiger partial charge in [0.25, 0.3) is 5.91 Å². The molecule has 2 N–H and O–H groups in total. The molecule has 0 saturated heterocycles. The number of anilines is 1. The predicted molar refractivity (Wildman–Crippen MR) is 125 cm³/mol. The fourth-order valence-corrected chi connectivity index (χ4v) is 4.26. The highest BCUT2D eigenvalue weighted by molar-refractivity contribution is 6.10. The maximum absolute atomic E-state index is 13.4. The van der Waals surface area contributed by atoms with Crippen molar-refractivity contribution in [3.05, 3.63) is 53.7 Å². The van der Waals surface area contributed by atoms with Gasteiger partial charge in [-0.15, -0.1) is 0 Å². The summed E-state index contributed by atoms with van der Waals surface area (Å²) in [5, 5.41) is 5.90. The Hall–Kier alpha value is -3.85. The van der Waals surface area contributed by atoms with Crippen LogP contribution >= 0.6 is 0 Å². The van der Waals surface area contributed by atoms with Gasteiger partial charge < -0.3 is 24.8 Å². The molecule has 0 unspecified atom stereocenters. The number of carbonyl (C=O) groups excluding carboxylic acids is 1. The maximum Gasteiger partial charge on any atom is 0.254 e. The van der Waals surface area contributed by atoms with Gasteiger partial charge in [-0.25, -0.2) is 4.98 Å². The van der Waals surface area contributed by atoms with E-state index in [1.165, 1.54) is 0 Å². The van der Waals surface area contributed by atoms with Crippen LogP contribution in [0.5, 0.6) is 11.5 Å². The Morgan fingerprint density at radius 1 is 1.24 bits per heavy atom. The molecule has 33 heavy (non-hydrogen) atoms. The number of amides is 1. The highest BCUT2D eigenvalue weighted by atomic mass is 16.5. The van der Waals surface area contributed by atoms with Gasteiger partial charge in [0.2, 0.25) is 0 Å². The van der Waals surface area contributed by atoms with Crippen LogP contribution in [0.2, 0.25) is 0 Å². The molecule has 1 aliphatic heterocycles. The van der Waals surface area contributed by atoms with Gasteiger partial charge in [-0.1, -0.05) is 0 Å². The SMILES string of the molecule is COCCOc1ccc2c(c1)OC[C@H]2N(C)C(=O)c1ccc2nc(N)c3cnn(C)c3c2c1. The summed E-state index contributed by atoms with van der Waals surface area (Å²) in [6.45, 7) is 1.36. The summed E-state index contributed by atoms with van der Waals surface area (Å²) in [6.07, 6.45) is 1.69. The van der Waals surface area contributed by atoms with Gasteiger partial charge in [-0.05, 0) is 30.3 Å². The second-order valence-corrected chi connectivity index (χ2v) is 8.04. The van der Waals surface area contributed by atoms with E-state index in [0.29, 0.717) is 37.0 Å². The van der Waals surface area contributed by atoms with Gasteiger partial charge in [0.1, 0.15) is 30.5 Å². The first-order chi connectivity index (χ1) is 16.0. The van der Waals surface area contributed by atoms with Crippen molar-refractivity contribution in [3.63, 3.8) is 0 Å². The Labute approximate surface area is 190 Å². The van der Waals surface area contributed by atoms with E-state index in [1.807, 2.05) is 37.4 Å². The summed E-state index contributed by atoms with van der Waals surface area (Å²) in [7, 11) is 5.27. The molecular formula is C24H25N5O4. The minimum Gasteiger partial charge on any atom is -0.491 e. The lowest BCUT2D eigenvalue weighted by Gasteiger charge is -2.24. The number of rotatable bonds is 6. The number of likely N-dealkylation sites (N-methyl/N-ethyl adjacent to an activating group) is 1. The first-order valence-electron chi connectivity index (χ1n) is 10.6. The normalized spacial score (nSPS) is 14.9. The van der Waals surface area contributed by atoms with E-state index < -0.39 is 0 Å². The number of hydrogen-bond acceptors (Lipinski definition) is 7. The smallest absolute Gasteiger partial charge is 0.254 e. The van der Waals surface area contributed by atoms with Crippen LogP contribution in [0.3, 0.4) is 0 Å². The van der Waals surface area contributed by atoms with Crippen molar-refractivity contribution in [1.82, 2.24) is 19.7 Å². The largest absolute Gasteiger partial charge is 0.491 e. The molecule has 0 fully saturated rings. The fourth-order valence-electron chi connectivity index (χ4n) is 4.26. The number of ether oxygens (including phenoxy) is 3. The number of aromatic nitrogens is 3. The molecule has 0 bridgehead atoms.